The van der Waals surface area contributed by atoms with Crippen molar-refractivity contribution in [2.45, 2.75) is 26.3 Å². The first kappa shape index (κ1) is 18.9. The highest BCUT2D eigenvalue weighted by Crippen LogP contribution is 2.22. The van der Waals surface area contributed by atoms with Crippen LogP contribution < -0.4 is 9.62 Å². The van der Waals surface area contributed by atoms with E-state index in [4.69, 9.17) is 0 Å². The van der Waals surface area contributed by atoms with E-state index in [1.54, 1.807) is 12.1 Å². The smallest absolute Gasteiger partial charge is 0.247 e. The SMILES string of the molecule is CCc1ccc(NC(=O)[C@H](C)N(c2ccc(F)cc2)S(C)(=O)=O)cc1. The third-order valence-electron chi connectivity index (χ3n) is 3.80. The molecule has 2 rings (SSSR count). The second-order valence-electron chi connectivity index (χ2n) is 5.75. The van der Waals surface area contributed by atoms with E-state index in [0.29, 0.717) is 5.69 Å². The standard InChI is InChI=1S/C18H21FN2O3S/c1-4-14-5-9-16(10-6-14)20-18(22)13(2)21(25(3,23)24)17-11-7-15(19)8-12-17/h5-13H,4H2,1-3H3,(H,20,22)/t13-/m0/s1. The van der Waals surface area contributed by atoms with Crippen LogP contribution in [0.1, 0.15) is 19.4 Å². The van der Waals surface area contributed by atoms with Crippen LogP contribution in [-0.2, 0) is 21.2 Å². The largest absolute Gasteiger partial charge is 0.324 e. The molecular formula is C18H21FN2O3S. The Bertz CT molecular complexity index is 834. The van der Waals surface area contributed by atoms with E-state index in [2.05, 4.69) is 5.32 Å². The number of halogens is 1. The third-order valence-corrected chi connectivity index (χ3v) is 5.04. The highest BCUT2D eigenvalue weighted by Gasteiger charge is 2.29. The molecular weight excluding hydrogens is 343 g/mol. The molecule has 0 saturated heterocycles. The van der Waals surface area contributed by atoms with Gasteiger partial charge in [0.1, 0.15) is 11.9 Å². The molecule has 0 spiro atoms. The number of aryl methyl sites for hydroxylation is 1. The Hall–Kier alpha value is -2.41. The number of anilines is 2. The Morgan fingerprint density at radius 1 is 1.12 bits per heavy atom. The van der Waals surface area contributed by atoms with Crippen molar-refractivity contribution in [3.63, 3.8) is 0 Å². The van der Waals surface area contributed by atoms with Gasteiger partial charge in [0.2, 0.25) is 15.9 Å². The molecule has 0 heterocycles. The molecule has 0 aromatic heterocycles. The van der Waals surface area contributed by atoms with E-state index in [1.165, 1.54) is 19.1 Å². The van der Waals surface area contributed by atoms with Gasteiger partial charge in [-0.15, -0.1) is 0 Å². The Kier molecular flexibility index (Phi) is 5.79. The molecule has 1 N–H and O–H groups in total. The number of benzene rings is 2. The maximum absolute atomic E-state index is 13.1. The lowest BCUT2D eigenvalue weighted by atomic mass is 10.1. The van der Waals surface area contributed by atoms with E-state index >= 15 is 0 Å². The molecule has 0 bridgehead atoms. The van der Waals surface area contributed by atoms with Gasteiger partial charge in [-0.05, 0) is 55.3 Å². The zero-order valence-corrected chi connectivity index (χ0v) is 15.2. The fourth-order valence-corrected chi connectivity index (χ4v) is 3.64. The lowest BCUT2D eigenvalue weighted by molar-refractivity contribution is -0.116. The van der Waals surface area contributed by atoms with Crippen molar-refractivity contribution in [2.75, 3.05) is 15.9 Å². The van der Waals surface area contributed by atoms with Gasteiger partial charge in [0.05, 0.1) is 11.9 Å². The van der Waals surface area contributed by atoms with Gasteiger partial charge in [0.25, 0.3) is 0 Å². The van der Waals surface area contributed by atoms with Crippen LogP contribution >= 0.6 is 0 Å². The Morgan fingerprint density at radius 3 is 2.16 bits per heavy atom. The Morgan fingerprint density at radius 2 is 1.68 bits per heavy atom. The molecule has 25 heavy (non-hydrogen) atoms. The van der Waals surface area contributed by atoms with E-state index in [9.17, 15) is 17.6 Å². The van der Waals surface area contributed by atoms with Crippen LogP contribution in [0.2, 0.25) is 0 Å². The van der Waals surface area contributed by atoms with Gasteiger partial charge in [-0.25, -0.2) is 12.8 Å². The highest BCUT2D eigenvalue weighted by molar-refractivity contribution is 7.92. The summed E-state index contributed by atoms with van der Waals surface area (Å²) in [5, 5.41) is 2.71. The zero-order valence-electron chi connectivity index (χ0n) is 14.4. The van der Waals surface area contributed by atoms with Crippen molar-refractivity contribution in [1.29, 1.82) is 0 Å². The fourth-order valence-electron chi connectivity index (χ4n) is 2.47. The van der Waals surface area contributed by atoms with Gasteiger partial charge in [0.15, 0.2) is 0 Å². The lowest BCUT2D eigenvalue weighted by Gasteiger charge is -2.28. The number of nitrogens with one attached hydrogen (secondary N) is 1. The predicted octanol–water partition coefficient (Wildman–Crippen LogP) is 3.18. The number of nitrogens with zero attached hydrogens (tertiary/aromatic N) is 1. The summed E-state index contributed by atoms with van der Waals surface area (Å²) in [7, 11) is -3.73. The predicted molar refractivity (Wildman–Crippen MR) is 97.6 cm³/mol. The summed E-state index contributed by atoms with van der Waals surface area (Å²) in [6.45, 7) is 3.52. The summed E-state index contributed by atoms with van der Waals surface area (Å²) in [6, 6.07) is 11.3. The topological polar surface area (TPSA) is 66.5 Å². The van der Waals surface area contributed by atoms with E-state index in [1.807, 2.05) is 19.1 Å². The van der Waals surface area contributed by atoms with E-state index < -0.39 is 27.8 Å². The summed E-state index contributed by atoms with van der Waals surface area (Å²) < 4.78 is 38.4. The van der Waals surface area contributed by atoms with Crippen LogP contribution in [0.15, 0.2) is 48.5 Å². The summed E-state index contributed by atoms with van der Waals surface area (Å²) in [5.74, 6) is -0.954. The number of carbonyl (C=O) groups excluding carboxylic acids is 1. The maximum atomic E-state index is 13.1. The molecule has 5 nitrogen and oxygen atoms in total. The van der Waals surface area contributed by atoms with Crippen molar-refractivity contribution in [3.05, 3.63) is 59.9 Å². The number of rotatable bonds is 6. The monoisotopic (exact) mass is 364 g/mol. The molecule has 2 aromatic carbocycles. The quantitative estimate of drug-likeness (QED) is 0.856. The Balaban J connectivity index is 2.24. The molecule has 0 aliphatic carbocycles. The third kappa shape index (κ3) is 4.79. The normalized spacial score (nSPS) is 12.5. The second kappa shape index (κ2) is 7.65. The number of hydrogen-bond donors (Lipinski definition) is 1. The molecule has 2 aromatic rings. The van der Waals surface area contributed by atoms with E-state index in [0.717, 1.165) is 34.7 Å². The van der Waals surface area contributed by atoms with Gasteiger partial charge in [-0.2, -0.15) is 0 Å². The lowest BCUT2D eigenvalue weighted by Crippen LogP contribution is -2.45. The first-order valence-corrected chi connectivity index (χ1v) is 9.72. The Labute approximate surface area is 147 Å². The van der Waals surface area contributed by atoms with Crippen LogP contribution in [0, 0.1) is 5.82 Å². The van der Waals surface area contributed by atoms with E-state index in [-0.39, 0.29) is 5.69 Å². The van der Waals surface area contributed by atoms with Crippen molar-refractivity contribution in [2.24, 2.45) is 0 Å². The molecule has 134 valence electrons. The number of sulfonamides is 1. The molecule has 7 heteroatoms. The van der Waals surface area contributed by atoms with Gasteiger partial charge in [-0.3, -0.25) is 9.10 Å². The first-order valence-electron chi connectivity index (χ1n) is 7.87. The second-order valence-corrected chi connectivity index (χ2v) is 7.61. The highest BCUT2D eigenvalue weighted by atomic mass is 32.2. The molecule has 0 aliphatic heterocycles. The maximum Gasteiger partial charge on any atom is 0.247 e. The molecule has 0 radical (unpaired) electrons. The van der Waals surface area contributed by atoms with Crippen LogP contribution in [0.5, 0.6) is 0 Å². The minimum atomic E-state index is -3.73. The minimum absolute atomic E-state index is 0.230. The van der Waals surface area contributed by atoms with Crippen molar-refractivity contribution in [1.82, 2.24) is 0 Å². The van der Waals surface area contributed by atoms with Gasteiger partial charge >= 0.3 is 0 Å². The molecule has 1 amide bonds. The van der Waals surface area contributed by atoms with Crippen LogP contribution in [-0.4, -0.2) is 26.6 Å². The summed E-state index contributed by atoms with van der Waals surface area (Å²) in [5.41, 5.74) is 1.95. The van der Waals surface area contributed by atoms with Crippen LogP contribution in [0.25, 0.3) is 0 Å². The van der Waals surface area contributed by atoms with Crippen molar-refractivity contribution >= 4 is 27.3 Å². The molecule has 0 aliphatic rings. The summed E-state index contributed by atoms with van der Waals surface area (Å²) in [6.07, 6.45) is 1.90. The number of hydrogen-bond acceptors (Lipinski definition) is 3. The van der Waals surface area contributed by atoms with Gasteiger partial charge < -0.3 is 5.32 Å². The van der Waals surface area contributed by atoms with Gasteiger partial charge in [-0.1, -0.05) is 19.1 Å². The summed E-state index contributed by atoms with van der Waals surface area (Å²) >= 11 is 0. The average molecular weight is 364 g/mol. The van der Waals surface area contributed by atoms with Crippen molar-refractivity contribution < 1.29 is 17.6 Å². The molecule has 0 saturated carbocycles. The molecule has 0 fully saturated rings. The zero-order chi connectivity index (χ0) is 18.6. The van der Waals surface area contributed by atoms with Crippen molar-refractivity contribution in [3.8, 4) is 0 Å². The number of carbonyl (C=O) groups is 1. The minimum Gasteiger partial charge on any atom is -0.324 e. The first-order chi connectivity index (χ1) is 11.7. The molecule has 1 atom stereocenters. The molecule has 0 unspecified atom stereocenters. The summed E-state index contributed by atoms with van der Waals surface area (Å²) in [4.78, 5) is 12.5. The average Bonchev–Trinajstić information content (AvgIpc) is 2.56. The van der Waals surface area contributed by atoms with Gasteiger partial charge in [0, 0.05) is 5.69 Å². The fraction of sp³-hybridized carbons (Fsp3) is 0.278. The number of amides is 1. The van der Waals surface area contributed by atoms with Crippen LogP contribution in [0.4, 0.5) is 15.8 Å². The van der Waals surface area contributed by atoms with Crippen LogP contribution in [0.3, 0.4) is 0 Å².